The Morgan fingerprint density at radius 1 is 0.628 bits per heavy atom. The molecule has 0 bridgehead atoms. The van der Waals surface area contributed by atoms with Crippen molar-refractivity contribution < 1.29 is 19.8 Å². The van der Waals surface area contributed by atoms with E-state index in [4.69, 9.17) is 0 Å². The van der Waals surface area contributed by atoms with Crippen LogP contribution in [0.5, 0.6) is 0 Å². The van der Waals surface area contributed by atoms with E-state index in [0.29, 0.717) is 17.6 Å². The van der Waals surface area contributed by atoms with Gasteiger partial charge in [0.1, 0.15) is 0 Å². The van der Waals surface area contributed by atoms with Gasteiger partial charge in [0.2, 0.25) is 0 Å². The first-order valence-corrected chi connectivity index (χ1v) is 18.0. The molecular weight excluding hydrogens is 551 g/mol. The summed E-state index contributed by atoms with van der Waals surface area (Å²) >= 11 is 0. The molecule has 0 spiro atoms. The maximum absolute atomic E-state index is 12.5. The zero-order valence-corrected chi connectivity index (χ0v) is 26.8. The van der Waals surface area contributed by atoms with Crippen molar-refractivity contribution in [1.29, 1.82) is 0 Å². The molecule has 0 aromatic heterocycles. The van der Waals surface area contributed by atoms with E-state index in [2.05, 4.69) is 97.6 Å². The summed E-state index contributed by atoms with van der Waals surface area (Å²) in [4.78, 5) is 25.0. The van der Waals surface area contributed by atoms with E-state index < -0.39 is 13.9 Å². The number of hydrogen-bond donors (Lipinski definition) is 2. The molecule has 4 nitrogen and oxygen atoms in total. The molecule has 0 amide bonds. The third kappa shape index (κ3) is 9.66. The van der Waals surface area contributed by atoms with Gasteiger partial charge in [0.25, 0.3) is 0 Å². The van der Waals surface area contributed by atoms with E-state index in [1.54, 1.807) is 6.92 Å². The van der Waals surface area contributed by atoms with Gasteiger partial charge in [0, 0.05) is 12.0 Å². The minimum absolute atomic E-state index is 0.00845. The van der Waals surface area contributed by atoms with Crippen LogP contribution < -0.4 is 15.9 Å². The van der Waals surface area contributed by atoms with Crippen LogP contribution in [0.15, 0.2) is 114 Å². The van der Waals surface area contributed by atoms with Crippen LogP contribution in [0, 0.1) is 0 Å². The SMILES string of the molecule is C=C(CO)C(=O)/C(C)=C(/CCCCCCCCCC[PH](c1ccccc1)(c1ccccc1)c1ccccc1)C(=O)CCO. The fourth-order valence-electron chi connectivity index (χ4n) is 6.12. The molecule has 0 heterocycles. The Bertz CT molecular complexity index is 1220. The van der Waals surface area contributed by atoms with Gasteiger partial charge in [-0.2, -0.15) is 0 Å². The molecule has 0 aliphatic rings. The molecule has 0 radical (unpaired) electrons. The quantitative estimate of drug-likeness (QED) is 0.0870. The predicted molar refractivity (Wildman–Crippen MR) is 184 cm³/mol. The number of carbonyl (C=O) groups is 2. The van der Waals surface area contributed by atoms with Crippen molar-refractivity contribution in [1.82, 2.24) is 0 Å². The number of Topliss-reactive ketones (excluding diaryl/α,β-unsaturated/α-hetero) is 2. The number of ketones is 2. The second-order valence-corrected chi connectivity index (χ2v) is 15.5. The Morgan fingerprint density at radius 3 is 1.47 bits per heavy atom. The van der Waals surface area contributed by atoms with E-state index in [0.717, 1.165) is 25.7 Å². The topological polar surface area (TPSA) is 74.6 Å². The maximum atomic E-state index is 12.5. The molecule has 0 unspecified atom stereocenters. The van der Waals surface area contributed by atoms with Crippen molar-refractivity contribution in [2.24, 2.45) is 0 Å². The summed E-state index contributed by atoms with van der Waals surface area (Å²) in [5, 5.41) is 22.9. The zero-order valence-electron chi connectivity index (χ0n) is 25.8. The first-order chi connectivity index (χ1) is 21.0. The summed E-state index contributed by atoms with van der Waals surface area (Å²) in [6.45, 7) is 4.56. The molecule has 0 atom stereocenters. The minimum atomic E-state index is -2.15. The van der Waals surface area contributed by atoms with Crippen molar-refractivity contribution in [3.63, 3.8) is 0 Å². The van der Waals surface area contributed by atoms with Crippen LogP contribution >= 0.6 is 7.26 Å². The third-order valence-electron chi connectivity index (χ3n) is 8.51. The summed E-state index contributed by atoms with van der Waals surface area (Å²) in [6, 6.07) is 33.3. The Balaban J connectivity index is 1.52. The average Bonchev–Trinajstić information content (AvgIpc) is 3.05. The minimum Gasteiger partial charge on any atom is -0.396 e. The summed E-state index contributed by atoms with van der Waals surface area (Å²) < 4.78 is 0. The number of hydrogen-bond acceptors (Lipinski definition) is 4. The second kappa shape index (κ2) is 18.5. The number of unbranched alkanes of at least 4 members (excludes halogenated alkanes) is 7. The number of allylic oxidation sites excluding steroid dienone is 2. The Kier molecular flexibility index (Phi) is 14.8. The van der Waals surface area contributed by atoms with Crippen molar-refractivity contribution >= 4 is 34.7 Å². The Morgan fingerprint density at radius 2 is 1.05 bits per heavy atom. The molecule has 230 valence electrons. The van der Waals surface area contributed by atoms with Crippen LogP contribution in [0.4, 0.5) is 0 Å². The fourth-order valence-corrected chi connectivity index (χ4v) is 11.0. The van der Waals surface area contributed by atoms with Crippen LogP contribution in [0.1, 0.15) is 71.1 Å². The van der Waals surface area contributed by atoms with E-state index in [9.17, 15) is 19.8 Å². The molecule has 0 saturated heterocycles. The van der Waals surface area contributed by atoms with Crippen LogP contribution in [0.2, 0.25) is 0 Å². The smallest absolute Gasteiger partial charge is 0.396 e. The van der Waals surface area contributed by atoms with Gasteiger partial charge >= 0.3 is 195 Å². The van der Waals surface area contributed by atoms with Gasteiger partial charge in [0.05, 0.1) is 13.2 Å². The summed E-state index contributed by atoms with van der Waals surface area (Å²) in [5.74, 6) is -0.567. The van der Waals surface area contributed by atoms with E-state index in [1.807, 2.05) is 0 Å². The molecule has 43 heavy (non-hydrogen) atoms. The number of benzene rings is 3. The first-order valence-electron chi connectivity index (χ1n) is 15.8. The van der Waals surface area contributed by atoms with E-state index in [-0.39, 0.29) is 30.2 Å². The number of carbonyl (C=O) groups excluding carboxylic acids is 2. The number of aliphatic hydroxyl groups is 2. The second-order valence-electron chi connectivity index (χ2n) is 11.4. The summed E-state index contributed by atoms with van der Waals surface area (Å²) in [5.41, 5.74) is 0.901. The molecule has 0 fully saturated rings. The molecular formula is C38H49O4P. The van der Waals surface area contributed by atoms with Crippen LogP contribution in [0.25, 0.3) is 0 Å². The predicted octanol–water partition coefficient (Wildman–Crippen LogP) is 6.61. The first kappa shape index (κ1) is 34.3. The fraction of sp³-hybridized carbons (Fsp3) is 0.368. The summed E-state index contributed by atoms with van der Waals surface area (Å²) in [6.07, 6.45) is 10.6. The molecule has 0 aliphatic carbocycles. The molecule has 2 N–H and O–H groups in total. The van der Waals surface area contributed by atoms with Crippen molar-refractivity contribution in [3.05, 3.63) is 114 Å². The molecule has 0 aliphatic heterocycles. The van der Waals surface area contributed by atoms with Crippen molar-refractivity contribution in [2.75, 3.05) is 19.4 Å². The van der Waals surface area contributed by atoms with Gasteiger partial charge in [-0.3, -0.25) is 9.59 Å². The monoisotopic (exact) mass is 600 g/mol. The van der Waals surface area contributed by atoms with Gasteiger partial charge < -0.3 is 10.2 Å². The summed E-state index contributed by atoms with van der Waals surface area (Å²) in [7, 11) is -2.15. The Hall–Kier alpha value is -3.17. The molecule has 3 aromatic carbocycles. The normalized spacial score (nSPS) is 12.4. The van der Waals surface area contributed by atoms with E-state index >= 15 is 0 Å². The van der Waals surface area contributed by atoms with Gasteiger partial charge in [-0.15, -0.1) is 0 Å². The average molecular weight is 601 g/mol. The standard InChI is InChI=1S/C38H49O4P/c1-31(30-40)38(42)32(2)36(37(41)27-28-39)26-18-7-5-3-4-6-8-19-29-43(33-20-12-9-13-21-33,34-22-14-10-15-23-34)35-24-16-11-17-25-35/h9-17,20-25,39-40,43H,1,3-8,18-19,26-30H2,2H3/b36-32-. The van der Waals surface area contributed by atoms with Gasteiger partial charge in [-0.25, -0.2) is 0 Å². The van der Waals surface area contributed by atoms with Crippen LogP contribution in [0.3, 0.4) is 0 Å². The molecule has 0 saturated carbocycles. The van der Waals surface area contributed by atoms with Crippen LogP contribution in [-0.2, 0) is 9.59 Å². The van der Waals surface area contributed by atoms with Crippen molar-refractivity contribution in [2.45, 2.75) is 71.1 Å². The molecule has 3 rings (SSSR count). The van der Waals surface area contributed by atoms with Gasteiger partial charge in [0.15, 0.2) is 5.78 Å². The van der Waals surface area contributed by atoms with Crippen LogP contribution in [-0.4, -0.2) is 41.2 Å². The number of rotatable bonds is 20. The molecule has 3 aromatic rings. The third-order valence-corrected chi connectivity index (χ3v) is 13.6. The Labute approximate surface area is 258 Å². The van der Waals surface area contributed by atoms with Crippen molar-refractivity contribution in [3.8, 4) is 0 Å². The number of aliphatic hydroxyl groups excluding tert-OH is 2. The van der Waals surface area contributed by atoms with Gasteiger partial charge in [-0.05, 0) is 6.92 Å². The zero-order chi connectivity index (χ0) is 30.9. The van der Waals surface area contributed by atoms with Gasteiger partial charge in [-0.1, -0.05) is 6.58 Å². The van der Waals surface area contributed by atoms with E-state index in [1.165, 1.54) is 47.8 Å². The molecule has 5 heteroatoms.